The molecule has 0 saturated heterocycles. The van der Waals surface area contributed by atoms with Crippen LogP contribution in [0.4, 0.5) is 0 Å². The van der Waals surface area contributed by atoms with Gasteiger partial charge >= 0.3 is 8.80 Å². The molecule has 0 saturated carbocycles. The summed E-state index contributed by atoms with van der Waals surface area (Å²) in [5.41, 5.74) is 6.77. The molecule has 24 heavy (non-hydrogen) atoms. The highest BCUT2D eigenvalue weighted by molar-refractivity contribution is 6.60. The maximum atomic E-state index is 5.89. The second-order valence-corrected chi connectivity index (χ2v) is 8.17. The summed E-state index contributed by atoms with van der Waals surface area (Å²) in [5, 5.41) is 3.37. The second-order valence-electron chi connectivity index (χ2n) is 5.20. The van der Waals surface area contributed by atoms with Gasteiger partial charge in [-0.1, -0.05) is 42.5 Å². The van der Waals surface area contributed by atoms with Crippen LogP contribution in [0.5, 0.6) is 0 Å². The first-order valence-corrected chi connectivity index (χ1v) is 10.1. The third-order valence-corrected chi connectivity index (χ3v) is 6.35. The van der Waals surface area contributed by atoms with Crippen LogP contribution < -0.4 is 11.1 Å². The fourth-order valence-electron chi connectivity index (χ4n) is 2.17. The number of hydrogen-bond acceptors (Lipinski definition) is 5. The standard InChI is InChI=1S/C17H30N2O3Si.ClH/c1-20-23(21-2,16-7-12-18)22-15-8-14-19-13-6-11-17-9-4-3-5-10-17;/h3-6,9-11,19H,7-8,12-16,18H2,1-2H3;1H. The molecular weight excluding hydrogens is 344 g/mol. The van der Waals surface area contributed by atoms with Crippen LogP contribution in [-0.2, 0) is 13.3 Å². The summed E-state index contributed by atoms with van der Waals surface area (Å²) in [6.45, 7) is 3.00. The Kier molecular flexibility index (Phi) is 14.2. The first-order chi connectivity index (χ1) is 11.3. The van der Waals surface area contributed by atoms with E-state index in [9.17, 15) is 0 Å². The van der Waals surface area contributed by atoms with Crippen molar-refractivity contribution in [1.82, 2.24) is 5.32 Å². The van der Waals surface area contributed by atoms with E-state index in [1.807, 2.05) is 18.2 Å². The van der Waals surface area contributed by atoms with E-state index in [1.165, 1.54) is 5.56 Å². The fraction of sp³-hybridized carbons (Fsp3) is 0.529. The minimum absolute atomic E-state index is 0. The highest BCUT2D eigenvalue weighted by atomic mass is 35.5. The topological polar surface area (TPSA) is 65.7 Å². The summed E-state index contributed by atoms with van der Waals surface area (Å²) < 4.78 is 16.9. The lowest BCUT2D eigenvalue weighted by Crippen LogP contribution is -2.44. The predicted molar refractivity (Wildman–Crippen MR) is 104 cm³/mol. The molecule has 0 fully saturated rings. The Morgan fingerprint density at radius 3 is 2.46 bits per heavy atom. The fourth-order valence-corrected chi connectivity index (χ4v) is 4.21. The van der Waals surface area contributed by atoms with Crippen molar-refractivity contribution in [3.05, 3.63) is 42.0 Å². The number of nitrogens with one attached hydrogen (secondary N) is 1. The van der Waals surface area contributed by atoms with Crippen molar-refractivity contribution in [1.29, 1.82) is 0 Å². The molecule has 0 aliphatic heterocycles. The first-order valence-electron chi connectivity index (χ1n) is 8.13. The van der Waals surface area contributed by atoms with Crippen LogP contribution in [0.1, 0.15) is 18.4 Å². The Balaban J connectivity index is 0.00000529. The van der Waals surface area contributed by atoms with Crippen molar-refractivity contribution >= 4 is 27.3 Å². The lowest BCUT2D eigenvalue weighted by Gasteiger charge is -2.26. The SMILES string of the molecule is CO[Si](CCCN)(OC)OCCCNCC=Cc1ccccc1.Cl. The minimum atomic E-state index is -2.51. The molecule has 0 aliphatic carbocycles. The average Bonchev–Trinajstić information content (AvgIpc) is 2.61. The smallest absolute Gasteiger partial charge is 0.377 e. The lowest BCUT2D eigenvalue weighted by molar-refractivity contribution is 0.0967. The van der Waals surface area contributed by atoms with Crippen LogP contribution in [0.3, 0.4) is 0 Å². The number of hydrogen-bond donors (Lipinski definition) is 2. The van der Waals surface area contributed by atoms with Gasteiger partial charge in [-0.2, -0.15) is 0 Å². The molecule has 1 aromatic carbocycles. The van der Waals surface area contributed by atoms with Crippen molar-refractivity contribution in [2.75, 3.05) is 40.5 Å². The van der Waals surface area contributed by atoms with Crippen LogP contribution in [0.2, 0.25) is 6.04 Å². The molecule has 0 atom stereocenters. The summed E-state index contributed by atoms with van der Waals surface area (Å²) in [6.07, 6.45) is 6.02. The summed E-state index contributed by atoms with van der Waals surface area (Å²) in [7, 11) is 0.798. The van der Waals surface area contributed by atoms with Crippen LogP contribution in [-0.4, -0.2) is 49.3 Å². The Hall–Kier alpha value is -0.733. The molecule has 5 nitrogen and oxygen atoms in total. The summed E-state index contributed by atoms with van der Waals surface area (Å²) in [5.74, 6) is 0. The largest absolute Gasteiger partial charge is 0.500 e. The van der Waals surface area contributed by atoms with Crippen LogP contribution >= 0.6 is 12.4 Å². The third-order valence-electron chi connectivity index (χ3n) is 3.50. The van der Waals surface area contributed by atoms with Crippen molar-refractivity contribution in [2.24, 2.45) is 5.73 Å². The van der Waals surface area contributed by atoms with Gasteiger partial charge in [0.2, 0.25) is 0 Å². The van der Waals surface area contributed by atoms with Gasteiger partial charge in [-0.25, -0.2) is 0 Å². The summed E-state index contributed by atoms with van der Waals surface area (Å²) in [6, 6.07) is 11.0. The molecule has 0 spiro atoms. The van der Waals surface area contributed by atoms with E-state index in [2.05, 4.69) is 29.6 Å². The molecule has 7 heteroatoms. The van der Waals surface area contributed by atoms with Gasteiger partial charge in [0.05, 0.1) is 0 Å². The zero-order chi connectivity index (χ0) is 16.8. The monoisotopic (exact) mass is 374 g/mol. The van der Waals surface area contributed by atoms with E-state index in [4.69, 9.17) is 19.0 Å². The highest BCUT2D eigenvalue weighted by Gasteiger charge is 2.37. The van der Waals surface area contributed by atoms with Gasteiger partial charge in [0.15, 0.2) is 0 Å². The van der Waals surface area contributed by atoms with Gasteiger partial charge < -0.3 is 24.3 Å². The van der Waals surface area contributed by atoms with Gasteiger partial charge in [0.25, 0.3) is 0 Å². The van der Waals surface area contributed by atoms with E-state index >= 15 is 0 Å². The van der Waals surface area contributed by atoms with E-state index in [0.29, 0.717) is 13.2 Å². The van der Waals surface area contributed by atoms with Gasteiger partial charge in [0.1, 0.15) is 0 Å². The molecule has 0 radical (unpaired) electrons. The van der Waals surface area contributed by atoms with Crippen LogP contribution in [0, 0.1) is 0 Å². The van der Waals surface area contributed by atoms with E-state index in [0.717, 1.165) is 32.0 Å². The number of rotatable bonds is 13. The van der Waals surface area contributed by atoms with Crippen LogP contribution in [0.15, 0.2) is 36.4 Å². The molecule has 0 heterocycles. The van der Waals surface area contributed by atoms with E-state index < -0.39 is 8.80 Å². The maximum Gasteiger partial charge on any atom is 0.500 e. The van der Waals surface area contributed by atoms with Crippen LogP contribution in [0.25, 0.3) is 6.08 Å². The molecule has 0 bridgehead atoms. The van der Waals surface area contributed by atoms with Gasteiger partial charge in [-0.3, -0.25) is 0 Å². The molecule has 3 N–H and O–H groups in total. The van der Waals surface area contributed by atoms with Gasteiger partial charge in [-0.15, -0.1) is 12.4 Å². The van der Waals surface area contributed by atoms with Crippen molar-refractivity contribution < 1.29 is 13.3 Å². The quantitative estimate of drug-likeness (QED) is 0.410. The Bertz CT molecular complexity index is 431. The molecule has 1 rings (SSSR count). The summed E-state index contributed by atoms with van der Waals surface area (Å²) >= 11 is 0. The Morgan fingerprint density at radius 1 is 1.12 bits per heavy atom. The first kappa shape index (κ1) is 23.3. The molecule has 0 aromatic heterocycles. The molecule has 0 aliphatic rings. The lowest BCUT2D eigenvalue weighted by atomic mass is 10.2. The van der Waals surface area contributed by atoms with Crippen molar-refractivity contribution in [2.45, 2.75) is 18.9 Å². The Morgan fingerprint density at radius 2 is 1.83 bits per heavy atom. The molecule has 0 amide bonds. The second kappa shape index (κ2) is 14.6. The van der Waals surface area contributed by atoms with Crippen molar-refractivity contribution in [3.8, 4) is 0 Å². The van der Waals surface area contributed by atoms with E-state index in [1.54, 1.807) is 14.2 Å². The van der Waals surface area contributed by atoms with Crippen molar-refractivity contribution in [3.63, 3.8) is 0 Å². The number of nitrogens with two attached hydrogens (primary N) is 1. The molecule has 1 aromatic rings. The van der Waals surface area contributed by atoms with Gasteiger partial charge in [-0.05, 0) is 31.5 Å². The molecule has 0 unspecified atom stereocenters. The minimum Gasteiger partial charge on any atom is -0.377 e. The van der Waals surface area contributed by atoms with Gasteiger partial charge in [0, 0.05) is 33.4 Å². The predicted octanol–water partition coefficient (Wildman–Crippen LogP) is 2.70. The zero-order valence-corrected chi connectivity index (χ0v) is 16.5. The third kappa shape index (κ3) is 9.54. The molecule has 138 valence electrons. The highest BCUT2D eigenvalue weighted by Crippen LogP contribution is 2.15. The number of benzene rings is 1. The molecular formula is C17H31ClN2O3Si. The normalized spacial score (nSPS) is 11.6. The number of halogens is 1. The maximum absolute atomic E-state index is 5.89. The average molecular weight is 375 g/mol. The Labute approximate surface area is 153 Å². The summed E-state index contributed by atoms with van der Waals surface area (Å²) in [4.78, 5) is 0. The van der Waals surface area contributed by atoms with E-state index in [-0.39, 0.29) is 12.4 Å². The zero-order valence-electron chi connectivity index (χ0n) is 14.7.